The lowest BCUT2D eigenvalue weighted by Gasteiger charge is -2.35. The standard InChI is InChI=1S/C20H20F7N5O3S/c1-18(8-33,36-17(28)29-2)20(26,27)11-5-10(3-4-12(11)21)32-15(34)13-6-31-14(7-30-13)35-9-19(24,25)16(22)23/h3-7,16,33H,8-9H2,1-2H3,(H2,28,29)(H,32,34)/t18-/m0/s1. The largest absolute Gasteiger partial charge is 0.470 e. The Bertz CT molecular complexity index is 1110. The molecule has 1 aromatic heterocycles. The molecule has 1 atom stereocenters. The Labute approximate surface area is 204 Å². The average molecular weight is 543 g/mol. The van der Waals surface area contributed by atoms with Gasteiger partial charge in [0, 0.05) is 12.7 Å². The van der Waals surface area contributed by atoms with Crippen LogP contribution in [0.4, 0.5) is 36.4 Å². The van der Waals surface area contributed by atoms with Crippen LogP contribution in [-0.4, -0.2) is 63.5 Å². The number of benzene rings is 1. The summed E-state index contributed by atoms with van der Waals surface area (Å²) in [6.07, 6.45) is -2.49. The number of alkyl halides is 6. The number of rotatable bonds is 10. The van der Waals surface area contributed by atoms with Gasteiger partial charge in [-0.2, -0.15) is 17.6 Å². The smallest absolute Gasteiger partial charge is 0.340 e. The average Bonchev–Trinajstić information content (AvgIpc) is 2.83. The van der Waals surface area contributed by atoms with E-state index in [2.05, 4.69) is 25.0 Å². The lowest BCUT2D eigenvalue weighted by atomic mass is 9.95. The van der Waals surface area contributed by atoms with E-state index >= 15 is 8.78 Å². The summed E-state index contributed by atoms with van der Waals surface area (Å²) >= 11 is 0.337. The van der Waals surface area contributed by atoms with E-state index in [-0.39, 0.29) is 10.9 Å². The molecule has 0 radical (unpaired) electrons. The Hall–Kier alpha value is -3.14. The van der Waals surface area contributed by atoms with E-state index in [9.17, 15) is 31.9 Å². The molecule has 0 saturated heterocycles. The van der Waals surface area contributed by atoms with Crippen molar-refractivity contribution in [3.8, 4) is 5.88 Å². The Morgan fingerprint density at radius 3 is 2.44 bits per heavy atom. The maximum atomic E-state index is 15.3. The van der Waals surface area contributed by atoms with Gasteiger partial charge in [0.2, 0.25) is 5.88 Å². The molecule has 0 unspecified atom stereocenters. The monoisotopic (exact) mass is 543 g/mol. The number of aliphatic imine (C=N–C) groups is 1. The van der Waals surface area contributed by atoms with Crippen molar-refractivity contribution in [2.24, 2.45) is 10.7 Å². The minimum Gasteiger partial charge on any atom is -0.470 e. The number of carbonyl (C=O) groups is 1. The number of aromatic nitrogens is 2. The molecule has 0 spiro atoms. The number of hydrogen-bond donors (Lipinski definition) is 3. The topological polar surface area (TPSA) is 123 Å². The van der Waals surface area contributed by atoms with E-state index in [1.54, 1.807) is 0 Å². The maximum absolute atomic E-state index is 15.3. The highest BCUT2D eigenvalue weighted by molar-refractivity contribution is 8.15. The highest BCUT2D eigenvalue weighted by Gasteiger charge is 2.54. The molecule has 0 aliphatic carbocycles. The molecule has 2 aromatic rings. The summed E-state index contributed by atoms with van der Waals surface area (Å²) in [6, 6.07) is 2.30. The fourth-order valence-corrected chi connectivity index (χ4v) is 3.39. The number of nitrogens with one attached hydrogen (secondary N) is 1. The molecule has 0 saturated carbocycles. The van der Waals surface area contributed by atoms with Crippen molar-refractivity contribution in [1.29, 1.82) is 0 Å². The van der Waals surface area contributed by atoms with Crippen molar-refractivity contribution in [1.82, 2.24) is 9.97 Å². The van der Waals surface area contributed by atoms with Gasteiger partial charge in [-0.05, 0) is 25.1 Å². The number of carbonyl (C=O) groups excluding carboxylic acids is 1. The summed E-state index contributed by atoms with van der Waals surface area (Å²) in [7, 11) is 1.25. The third-order valence-electron chi connectivity index (χ3n) is 4.67. The second kappa shape index (κ2) is 11.3. The molecule has 0 aliphatic heterocycles. The van der Waals surface area contributed by atoms with E-state index in [0.29, 0.717) is 30.1 Å². The zero-order chi connectivity index (χ0) is 27.3. The Morgan fingerprint density at radius 2 is 1.92 bits per heavy atom. The van der Waals surface area contributed by atoms with Crippen molar-refractivity contribution in [2.45, 2.75) is 29.9 Å². The number of halogens is 7. The van der Waals surface area contributed by atoms with E-state index in [1.165, 1.54) is 7.05 Å². The van der Waals surface area contributed by atoms with Crippen molar-refractivity contribution >= 4 is 28.5 Å². The van der Waals surface area contributed by atoms with Crippen LogP contribution in [-0.2, 0) is 5.92 Å². The van der Waals surface area contributed by atoms with Crippen LogP contribution in [0, 0.1) is 5.82 Å². The van der Waals surface area contributed by atoms with Crippen LogP contribution in [0.3, 0.4) is 0 Å². The third-order valence-corrected chi connectivity index (χ3v) is 5.90. The molecule has 4 N–H and O–H groups in total. The second-order valence-electron chi connectivity index (χ2n) is 7.37. The van der Waals surface area contributed by atoms with E-state index in [4.69, 9.17) is 5.73 Å². The minimum atomic E-state index is -4.43. The van der Waals surface area contributed by atoms with Gasteiger partial charge in [-0.3, -0.25) is 9.79 Å². The first-order valence-corrected chi connectivity index (χ1v) is 10.6. The maximum Gasteiger partial charge on any atom is 0.340 e. The van der Waals surface area contributed by atoms with Gasteiger partial charge in [0.25, 0.3) is 11.8 Å². The van der Waals surface area contributed by atoms with Crippen molar-refractivity contribution in [3.63, 3.8) is 0 Å². The van der Waals surface area contributed by atoms with Gasteiger partial charge in [0.15, 0.2) is 11.8 Å². The number of thioether (sulfide) groups is 1. The quantitative estimate of drug-likeness (QED) is 0.238. The summed E-state index contributed by atoms with van der Waals surface area (Å²) < 4.78 is 97.2. The van der Waals surface area contributed by atoms with Gasteiger partial charge in [-0.1, -0.05) is 11.8 Å². The molecule has 0 aliphatic rings. The predicted octanol–water partition coefficient (Wildman–Crippen LogP) is 3.67. The number of nitrogens with zero attached hydrogens (tertiary/aromatic N) is 3. The van der Waals surface area contributed by atoms with E-state index in [0.717, 1.165) is 19.2 Å². The summed E-state index contributed by atoms with van der Waals surface area (Å²) in [5.41, 5.74) is 3.64. The van der Waals surface area contributed by atoms with E-state index in [1.807, 2.05) is 0 Å². The van der Waals surface area contributed by atoms with Crippen LogP contribution < -0.4 is 15.8 Å². The van der Waals surface area contributed by atoms with Gasteiger partial charge in [-0.25, -0.2) is 23.1 Å². The molecule has 0 bridgehead atoms. The zero-order valence-electron chi connectivity index (χ0n) is 18.6. The number of nitrogens with two attached hydrogens (primary N) is 1. The van der Waals surface area contributed by atoms with Crippen molar-refractivity contribution in [3.05, 3.63) is 47.7 Å². The summed E-state index contributed by atoms with van der Waals surface area (Å²) in [6.45, 7) is -1.83. The lowest BCUT2D eigenvalue weighted by Crippen LogP contribution is -2.45. The molecular formula is C20H20F7N5O3S. The molecule has 8 nitrogen and oxygen atoms in total. The summed E-state index contributed by atoms with van der Waals surface area (Å²) in [5, 5.41) is 11.5. The highest BCUT2D eigenvalue weighted by Crippen LogP contribution is 2.48. The van der Waals surface area contributed by atoms with E-state index < -0.39 is 65.1 Å². The highest BCUT2D eigenvalue weighted by atomic mass is 32.2. The number of anilines is 1. The lowest BCUT2D eigenvalue weighted by molar-refractivity contribution is -0.148. The number of aliphatic hydroxyl groups is 1. The zero-order valence-corrected chi connectivity index (χ0v) is 19.4. The number of amides is 1. The number of amidine groups is 1. The predicted molar refractivity (Wildman–Crippen MR) is 117 cm³/mol. The molecule has 2 rings (SSSR count). The van der Waals surface area contributed by atoms with Gasteiger partial charge < -0.3 is 20.9 Å². The van der Waals surface area contributed by atoms with Gasteiger partial charge in [0.1, 0.15) is 16.3 Å². The fourth-order valence-electron chi connectivity index (χ4n) is 2.54. The first-order valence-electron chi connectivity index (χ1n) is 9.79. The molecule has 1 amide bonds. The van der Waals surface area contributed by atoms with Crippen LogP contribution in [0.5, 0.6) is 5.88 Å². The third kappa shape index (κ3) is 6.54. The molecule has 198 valence electrons. The normalized spacial score (nSPS) is 14.5. The number of ether oxygens (including phenoxy) is 1. The molecule has 0 fully saturated rings. The Morgan fingerprint density at radius 1 is 1.25 bits per heavy atom. The molecule has 16 heteroatoms. The van der Waals surface area contributed by atoms with Crippen LogP contribution >= 0.6 is 11.8 Å². The van der Waals surface area contributed by atoms with Gasteiger partial charge in [-0.15, -0.1) is 0 Å². The molecule has 1 heterocycles. The van der Waals surface area contributed by atoms with Gasteiger partial charge in [0.05, 0.1) is 24.6 Å². The first-order chi connectivity index (χ1) is 16.7. The van der Waals surface area contributed by atoms with Gasteiger partial charge >= 0.3 is 12.3 Å². The molecule has 1 aromatic carbocycles. The SMILES string of the molecule is C/N=C(/N)S[C@@](C)(CO)C(F)(F)c1cc(NC(=O)c2cnc(OCC(F)(F)C(F)F)cn2)ccc1F. The summed E-state index contributed by atoms with van der Waals surface area (Å²) in [5.74, 6) is -11.3. The van der Waals surface area contributed by atoms with Crippen LogP contribution in [0.2, 0.25) is 0 Å². The fraction of sp³-hybridized carbons (Fsp3) is 0.400. The van der Waals surface area contributed by atoms with Crippen molar-refractivity contribution < 1.29 is 45.4 Å². The second-order valence-corrected chi connectivity index (χ2v) is 8.89. The molecule has 36 heavy (non-hydrogen) atoms. The van der Waals surface area contributed by atoms with Crippen LogP contribution in [0.15, 0.2) is 35.6 Å². The minimum absolute atomic E-state index is 0.278. The van der Waals surface area contributed by atoms with Crippen LogP contribution in [0.25, 0.3) is 0 Å². The number of hydrogen-bond acceptors (Lipinski definition) is 7. The number of aliphatic hydroxyl groups excluding tert-OH is 1. The molecular weight excluding hydrogens is 523 g/mol. The van der Waals surface area contributed by atoms with Crippen molar-refractivity contribution in [2.75, 3.05) is 25.6 Å². The summed E-state index contributed by atoms with van der Waals surface area (Å²) in [4.78, 5) is 23.0. The first kappa shape index (κ1) is 29.1. The Kier molecular flexibility index (Phi) is 9.12. The Balaban J connectivity index is 2.22. The van der Waals surface area contributed by atoms with Crippen LogP contribution in [0.1, 0.15) is 23.0 Å².